The number of carbonyl (C=O) groups is 1. The first-order valence-corrected chi connectivity index (χ1v) is 13.0. The highest BCUT2D eigenvalue weighted by Crippen LogP contribution is 2.51. The molecule has 2 aliphatic heterocycles. The highest BCUT2D eigenvalue weighted by Gasteiger charge is 2.64. The van der Waals surface area contributed by atoms with E-state index in [-0.39, 0.29) is 30.0 Å². The highest BCUT2D eigenvalue weighted by molar-refractivity contribution is 5.88. The number of benzene rings is 2. The molecule has 5 rings (SSSR count). The van der Waals surface area contributed by atoms with E-state index in [1.165, 1.54) is 34.7 Å². The van der Waals surface area contributed by atoms with Gasteiger partial charge in [-0.3, -0.25) is 9.48 Å². The number of rotatable bonds is 5. The number of nitrogens with zero attached hydrogens (tertiary/aromatic N) is 3. The molecule has 1 N–H and O–H groups in total. The van der Waals surface area contributed by atoms with Gasteiger partial charge in [-0.2, -0.15) is 18.3 Å². The number of ether oxygens (including phenoxy) is 1. The van der Waals surface area contributed by atoms with Crippen LogP contribution < -0.4 is 5.32 Å². The van der Waals surface area contributed by atoms with Crippen LogP contribution in [0.3, 0.4) is 0 Å². The summed E-state index contributed by atoms with van der Waals surface area (Å²) in [6.07, 6.45) is 1.09. The van der Waals surface area contributed by atoms with Crippen LogP contribution in [0.1, 0.15) is 36.3 Å². The molecule has 9 heteroatoms. The Morgan fingerprint density at radius 1 is 1.05 bits per heavy atom. The molecule has 38 heavy (non-hydrogen) atoms. The zero-order valence-electron chi connectivity index (χ0n) is 21.7. The summed E-state index contributed by atoms with van der Waals surface area (Å²) < 4.78 is 50.4. The van der Waals surface area contributed by atoms with Gasteiger partial charge in [-0.25, -0.2) is 0 Å². The summed E-state index contributed by atoms with van der Waals surface area (Å²) in [7, 11) is 2.85. The third-order valence-corrected chi connectivity index (χ3v) is 8.47. The maximum atomic E-state index is 14.5. The van der Waals surface area contributed by atoms with Crippen LogP contribution in [0, 0.1) is 5.41 Å². The van der Waals surface area contributed by atoms with Gasteiger partial charge in [-0.15, -0.1) is 0 Å². The van der Waals surface area contributed by atoms with E-state index >= 15 is 0 Å². The lowest BCUT2D eigenvalue weighted by molar-refractivity contribution is -0.271. The Bertz CT molecular complexity index is 1270. The quantitative estimate of drug-likeness (QED) is 0.515. The average molecular weight is 527 g/mol. The predicted molar refractivity (Wildman–Crippen MR) is 138 cm³/mol. The second kappa shape index (κ2) is 10.2. The van der Waals surface area contributed by atoms with Crippen LogP contribution >= 0.6 is 0 Å². The number of amides is 1. The lowest BCUT2D eigenvalue weighted by atomic mass is 9.62. The van der Waals surface area contributed by atoms with Gasteiger partial charge in [0.2, 0.25) is 0 Å². The third kappa shape index (κ3) is 4.41. The van der Waals surface area contributed by atoms with Crippen molar-refractivity contribution in [2.75, 3.05) is 33.3 Å². The van der Waals surface area contributed by atoms with Gasteiger partial charge in [0, 0.05) is 57.0 Å². The van der Waals surface area contributed by atoms with Crippen LogP contribution in [-0.2, 0) is 22.2 Å². The maximum absolute atomic E-state index is 14.5. The number of nitrogens with one attached hydrogen (secondary N) is 1. The fraction of sp³-hybridized carbons (Fsp3) is 0.448. The molecule has 0 saturated carbocycles. The van der Waals surface area contributed by atoms with E-state index in [1.54, 1.807) is 10.7 Å². The van der Waals surface area contributed by atoms with Gasteiger partial charge in [0.15, 0.2) is 0 Å². The molecule has 1 spiro atoms. The van der Waals surface area contributed by atoms with Gasteiger partial charge in [0.05, 0.1) is 6.20 Å². The van der Waals surface area contributed by atoms with Crippen molar-refractivity contribution >= 4 is 5.91 Å². The van der Waals surface area contributed by atoms with Gasteiger partial charge >= 0.3 is 6.18 Å². The molecule has 2 saturated heterocycles. The first-order valence-electron chi connectivity index (χ1n) is 13.0. The SMILES string of the molecule is CO[C@@](C(=O)N1CCC2(CCNC[C@H]2c2ccccc2-c2cnn(C)c2)CC1)(c1ccccc1)C(F)(F)F. The Hall–Kier alpha value is -3.17. The lowest BCUT2D eigenvalue weighted by Crippen LogP contribution is -2.59. The van der Waals surface area contributed by atoms with E-state index in [1.807, 2.05) is 31.6 Å². The second-order valence-corrected chi connectivity index (χ2v) is 10.4. The molecule has 1 amide bonds. The summed E-state index contributed by atoms with van der Waals surface area (Å²) in [5, 5.41) is 7.87. The van der Waals surface area contributed by atoms with Crippen LogP contribution in [0.4, 0.5) is 13.2 Å². The van der Waals surface area contributed by atoms with Crippen LogP contribution in [0.2, 0.25) is 0 Å². The van der Waals surface area contributed by atoms with E-state index in [0.29, 0.717) is 12.8 Å². The van der Waals surface area contributed by atoms with E-state index in [0.717, 1.165) is 37.7 Å². The predicted octanol–water partition coefficient (Wildman–Crippen LogP) is 4.88. The number of aromatic nitrogens is 2. The van der Waals surface area contributed by atoms with Gasteiger partial charge < -0.3 is 15.0 Å². The topological polar surface area (TPSA) is 59.4 Å². The summed E-state index contributed by atoms with van der Waals surface area (Å²) in [6.45, 7) is 2.12. The minimum absolute atomic E-state index is 0.124. The Labute approximate surface area is 220 Å². The molecular formula is C29H33F3N4O2. The van der Waals surface area contributed by atoms with Crippen LogP contribution in [0.25, 0.3) is 11.1 Å². The molecule has 6 nitrogen and oxygen atoms in total. The van der Waals surface area contributed by atoms with Crippen molar-refractivity contribution in [1.29, 1.82) is 0 Å². The van der Waals surface area contributed by atoms with E-state index < -0.39 is 17.7 Å². The number of alkyl halides is 3. The van der Waals surface area contributed by atoms with Crippen LogP contribution in [-0.4, -0.2) is 60.1 Å². The standard InChI is InChI=1S/C29H33F3N4O2/c1-35-20-21(18-34-35)23-10-6-7-11-24(23)25-19-33-15-12-27(25)13-16-36(17-14-27)26(37)28(38-2,29(30,31)32)22-8-4-3-5-9-22/h3-11,18,20,25,33H,12-17,19H2,1-2H3/t25-,28+/m0/s1. The van der Waals surface area contributed by atoms with Crippen LogP contribution in [0.15, 0.2) is 67.0 Å². The number of halogens is 3. The van der Waals surface area contributed by atoms with Crippen molar-refractivity contribution in [3.8, 4) is 11.1 Å². The van der Waals surface area contributed by atoms with Gasteiger partial charge in [0.1, 0.15) is 0 Å². The number of piperidine rings is 2. The summed E-state index contributed by atoms with van der Waals surface area (Å²) in [4.78, 5) is 15.0. The first kappa shape index (κ1) is 26.4. The molecule has 2 aliphatic rings. The largest absolute Gasteiger partial charge is 0.430 e. The Kier molecular flexibility index (Phi) is 7.09. The van der Waals surface area contributed by atoms with Gasteiger partial charge in [-0.1, -0.05) is 54.6 Å². The molecule has 0 bridgehead atoms. The molecule has 202 valence electrons. The zero-order chi connectivity index (χ0) is 27.0. The number of carbonyl (C=O) groups excluding carboxylic acids is 1. The minimum atomic E-state index is -4.91. The van der Waals surface area contributed by atoms with Crippen molar-refractivity contribution < 1.29 is 22.7 Å². The highest BCUT2D eigenvalue weighted by atomic mass is 19.4. The summed E-state index contributed by atoms with van der Waals surface area (Å²) in [5.41, 5.74) is 0.00469. The monoisotopic (exact) mass is 526 g/mol. The first-order chi connectivity index (χ1) is 18.2. The van der Waals surface area contributed by atoms with Crippen molar-refractivity contribution in [1.82, 2.24) is 20.0 Å². The molecule has 0 unspecified atom stereocenters. The number of methoxy groups -OCH3 is 1. The minimum Gasteiger partial charge on any atom is -0.356 e. The Morgan fingerprint density at radius 2 is 1.74 bits per heavy atom. The van der Waals surface area contributed by atoms with Crippen molar-refractivity contribution in [3.05, 3.63) is 78.1 Å². The van der Waals surface area contributed by atoms with E-state index in [4.69, 9.17) is 4.74 Å². The molecule has 2 atom stereocenters. The maximum Gasteiger partial charge on any atom is 0.430 e. The normalized spacial score (nSPS) is 21.3. The molecular weight excluding hydrogens is 493 g/mol. The van der Waals surface area contributed by atoms with Crippen molar-refractivity contribution in [3.63, 3.8) is 0 Å². The fourth-order valence-corrected chi connectivity index (χ4v) is 6.42. The van der Waals surface area contributed by atoms with Crippen LogP contribution in [0.5, 0.6) is 0 Å². The molecule has 0 radical (unpaired) electrons. The number of hydrogen-bond acceptors (Lipinski definition) is 4. The summed E-state index contributed by atoms with van der Waals surface area (Å²) >= 11 is 0. The van der Waals surface area contributed by atoms with E-state index in [9.17, 15) is 18.0 Å². The molecule has 2 aromatic carbocycles. The third-order valence-electron chi connectivity index (χ3n) is 8.47. The number of hydrogen-bond donors (Lipinski definition) is 1. The van der Waals surface area contributed by atoms with E-state index in [2.05, 4.69) is 22.5 Å². The molecule has 0 aliphatic carbocycles. The summed E-state index contributed by atoms with van der Waals surface area (Å²) in [6, 6.07) is 15.5. The smallest absolute Gasteiger partial charge is 0.356 e. The summed E-state index contributed by atoms with van der Waals surface area (Å²) in [5.74, 6) is -0.886. The van der Waals surface area contributed by atoms with Crippen molar-refractivity contribution in [2.24, 2.45) is 12.5 Å². The molecule has 3 heterocycles. The Morgan fingerprint density at radius 3 is 2.37 bits per heavy atom. The number of aryl methyl sites for hydroxylation is 1. The zero-order valence-corrected chi connectivity index (χ0v) is 21.7. The van der Waals surface area contributed by atoms with Gasteiger partial charge in [0.25, 0.3) is 11.5 Å². The lowest BCUT2D eigenvalue weighted by Gasteiger charge is -2.51. The van der Waals surface area contributed by atoms with Crippen molar-refractivity contribution in [2.45, 2.75) is 37.0 Å². The fourth-order valence-electron chi connectivity index (χ4n) is 6.42. The molecule has 3 aromatic rings. The number of likely N-dealkylation sites (tertiary alicyclic amines) is 1. The molecule has 2 fully saturated rings. The average Bonchev–Trinajstić information content (AvgIpc) is 3.36. The second-order valence-electron chi connectivity index (χ2n) is 10.4. The Balaban J connectivity index is 1.44. The molecule has 1 aromatic heterocycles. The van der Waals surface area contributed by atoms with Gasteiger partial charge in [-0.05, 0) is 42.3 Å².